The van der Waals surface area contributed by atoms with Gasteiger partial charge >= 0.3 is 18.6 Å². The van der Waals surface area contributed by atoms with E-state index in [4.69, 9.17) is 0 Å². The molecule has 217 valence electrons. The van der Waals surface area contributed by atoms with Crippen LogP contribution in [0.5, 0.6) is 0 Å². The average molecular weight is 584 g/mol. The first-order valence-corrected chi connectivity index (χ1v) is 14.1. The van der Waals surface area contributed by atoms with Crippen molar-refractivity contribution >= 4 is 0 Å². The van der Waals surface area contributed by atoms with Crippen molar-refractivity contribution in [2.24, 2.45) is 0 Å². The van der Waals surface area contributed by atoms with Crippen LogP contribution in [0.25, 0.3) is 0 Å². The third kappa shape index (κ3) is 16.5. The maximum Gasteiger partial charge on any atom is 4.00 e. The molecular weight excluding hydrogens is 531 g/mol. The molecule has 4 aromatic carbocycles. The maximum atomic E-state index is 4.04. The van der Waals surface area contributed by atoms with Crippen molar-refractivity contribution < 1.29 is 18.6 Å². The van der Waals surface area contributed by atoms with E-state index < -0.39 is 0 Å². The first kappa shape index (κ1) is 38.5. The van der Waals surface area contributed by atoms with Crippen LogP contribution in [-0.4, -0.2) is 0 Å². The van der Waals surface area contributed by atoms with Crippen molar-refractivity contribution in [1.82, 2.24) is 0 Å². The molecule has 0 saturated carbocycles. The zero-order valence-corrected chi connectivity index (χ0v) is 28.2. The minimum atomic E-state index is 0. The second-order valence-electron chi connectivity index (χ2n) is 13.0. The second kappa shape index (κ2) is 17.4. The van der Waals surface area contributed by atoms with Crippen LogP contribution in [0.2, 0.25) is 0 Å². The van der Waals surface area contributed by atoms with Crippen molar-refractivity contribution in [3.63, 3.8) is 0 Å². The Morgan fingerprint density at radius 2 is 0.415 bits per heavy atom. The van der Waals surface area contributed by atoms with E-state index in [9.17, 15) is 0 Å². The van der Waals surface area contributed by atoms with Crippen LogP contribution in [0.1, 0.15) is 77.6 Å². The van der Waals surface area contributed by atoms with Gasteiger partial charge in [0.05, 0.1) is 0 Å². The molecule has 0 fully saturated rings. The number of benzene rings is 4. The molecule has 0 aliphatic heterocycles. The fraction of sp³-hybridized carbons (Fsp3) is 0.300. The molecule has 1 heteroatoms. The van der Waals surface area contributed by atoms with Crippen molar-refractivity contribution in [3.05, 3.63) is 171 Å². The summed E-state index contributed by atoms with van der Waals surface area (Å²) in [6.07, 6.45) is 0. The standard InChI is InChI=1S/4C10H13.V/c4*1-10(2,3)9-7-5-4-6-8-9;/h4*4-8H,1H2,2-3H3;/q4*-1;+4. The predicted molar refractivity (Wildman–Crippen MR) is 179 cm³/mol. The first-order valence-electron chi connectivity index (χ1n) is 14.1. The van der Waals surface area contributed by atoms with Crippen molar-refractivity contribution in [1.29, 1.82) is 0 Å². The van der Waals surface area contributed by atoms with Crippen LogP contribution in [0.3, 0.4) is 0 Å². The van der Waals surface area contributed by atoms with E-state index in [1.807, 2.05) is 72.8 Å². The zero-order valence-electron chi connectivity index (χ0n) is 26.8. The molecule has 1 radical (unpaired) electrons. The molecular formula is C40H52V. The van der Waals surface area contributed by atoms with Gasteiger partial charge < -0.3 is 27.7 Å². The average Bonchev–Trinajstić information content (AvgIpc) is 2.90. The van der Waals surface area contributed by atoms with Crippen LogP contribution in [-0.2, 0) is 40.2 Å². The largest absolute Gasteiger partial charge is 4.00 e. The summed E-state index contributed by atoms with van der Waals surface area (Å²) in [6, 6.07) is 41.3. The van der Waals surface area contributed by atoms with E-state index >= 15 is 0 Å². The van der Waals surface area contributed by atoms with E-state index in [-0.39, 0.29) is 40.2 Å². The fourth-order valence-electron chi connectivity index (χ4n) is 3.56. The molecule has 0 aromatic heterocycles. The summed E-state index contributed by atoms with van der Waals surface area (Å²) in [5, 5.41) is 0. The number of hydrogen-bond donors (Lipinski definition) is 0. The molecule has 0 heterocycles. The van der Waals surface area contributed by atoms with Crippen LogP contribution < -0.4 is 0 Å². The summed E-state index contributed by atoms with van der Waals surface area (Å²) in [7, 11) is 0. The van der Waals surface area contributed by atoms with Gasteiger partial charge in [-0.25, -0.2) is 0 Å². The third-order valence-electron chi connectivity index (χ3n) is 6.22. The summed E-state index contributed by atoms with van der Waals surface area (Å²) in [5.41, 5.74) is 5.32. The Morgan fingerprint density at radius 1 is 0.293 bits per heavy atom. The normalized spacial score (nSPS) is 11.2. The molecule has 0 saturated heterocycles. The smallest absolute Gasteiger partial charge is 0.333 e. The van der Waals surface area contributed by atoms with Gasteiger partial charge in [-0.2, -0.15) is 0 Å². The molecule has 0 N–H and O–H groups in total. The summed E-state index contributed by atoms with van der Waals surface area (Å²) < 4.78 is 0. The van der Waals surface area contributed by atoms with Gasteiger partial charge in [-0.15, -0.1) is 21.7 Å². The van der Waals surface area contributed by atoms with Gasteiger partial charge in [-0.05, 0) is 0 Å². The second-order valence-corrected chi connectivity index (χ2v) is 13.0. The van der Waals surface area contributed by atoms with E-state index in [0.29, 0.717) is 0 Å². The molecule has 41 heavy (non-hydrogen) atoms. The SMILES string of the molecule is [CH2-]C(C)(C)c1ccccc1.[CH2-]C(C)(C)c1ccccc1.[CH2-]C(C)(C)c1ccccc1.[CH2-]C(C)(C)c1ccccc1.[V+4]. The number of hydrogen-bond acceptors (Lipinski definition) is 0. The Hall–Kier alpha value is -2.54. The quantitative estimate of drug-likeness (QED) is 0.210. The summed E-state index contributed by atoms with van der Waals surface area (Å²) in [5.74, 6) is 0. The van der Waals surface area contributed by atoms with Gasteiger partial charge in [0.25, 0.3) is 0 Å². The van der Waals surface area contributed by atoms with E-state index in [0.717, 1.165) is 0 Å². The van der Waals surface area contributed by atoms with Gasteiger partial charge in [0.15, 0.2) is 0 Å². The minimum absolute atomic E-state index is 0. The Labute approximate surface area is 265 Å². The Balaban J connectivity index is 0.000000516. The van der Waals surface area contributed by atoms with Gasteiger partial charge in [0, 0.05) is 0 Å². The van der Waals surface area contributed by atoms with Gasteiger partial charge in [0.1, 0.15) is 0 Å². The van der Waals surface area contributed by atoms with E-state index in [1.165, 1.54) is 22.3 Å². The predicted octanol–water partition coefficient (Wildman–Crippen LogP) is 11.2. The maximum absolute atomic E-state index is 4.04. The fourth-order valence-corrected chi connectivity index (χ4v) is 3.56. The van der Waals surface area contributed by atoms with E-state index in [2.05, 4.69) is 132 Å². The molecule has 0 unspecified atom stereocenters. The topological polar surface area (TPSA) is 0 Å². The molecule has 0 atom stereocenters. The van der Waals surface area contributed by atoms with Gasteiger partial charge in [0.2, 0.25) is 0 Å². The number of rotatable bonds is 4. The molecule has 4 rings (SSSR count). The summed E-state index contributed by atoms with van der Waals surface area (Å²) in [4.78, 5) is 0. The van der Waals surface area contributed by atoms with Gasteiger partial charge in [-0.1, -0.05) is 199 Å². The van der Waals surface area contributed by atoms with Crippen LogP contribution in [0.15, 0.2) is 121 Å². The molecule has 4 aromatic rings. The zero-order chi connectivity index (χ0) is 30.5. The Bertz CT molecular complexity index is 969. The van der Waals surface area contributed by atoms with E-state index in [1.54, 1.807) is 0 Å². The minimum Gasteiger partial charge on any atom is -0.333 e. The Morgan fingerprint density at radius 3 is 0.488 bits per heavy atom. The van der Waals surface area contributed by atoms with Crippen LogP contribution in [0.4, 0.5) is 0 Å². The van der Waals surface area contributed by atoms with Crippen molar-refractivity contribution in [2.45, 2.75) is 77.0 Å². The molecule has 0 spiro atoms. The summed E-state index contributed by atoms with van der Waals surface area (Å²) in [6.45, 7) is 33.1. The van der Waals surface area contributed by atoms with Crippen molar-refractivity contribution in [3.8, 4) is 0 Å². The monoisotopic (exact) mass is 583 g/mol. The molecule has 0 amide bonds. The molecule has 0 bridgehead atoms. The van der Waals surface area contributed by atoms with Gasteiger partial charge in [-0.3, -0.25) is 0 Å². The Kier molecular flexibility index (Phi) is 16.3. The first-order chi connectivity index (χ1) is 18.4. The van der Waals surface area contributed by atoms with Crippen LogP contribution >= 0.6 is 0 Å². The molecule has 0 aliphatic carbocycles. The van der Waals surface area contributed by atoms with Crippen molar-refractivity contribution in [2.75, 3.05) is 0 Å². The molecule has 0 nitrogen and oxygen atoms in total. The summed E-state index contributed by atoms with van der Waals surface area (Å²) >= 11 is 0. The molecule has 0 aliphatic rings. The van der Waals surface area contributed by atoms with Crippen LogP contribution in [0, 0.1) is 27.7 Å². The third-order valence-corrected chi connectivity index (χ3v) is 6.22.